The topological polar surface area (TPSA) is 81.4 Å². The fraction of sp³-hybridized carbons (Fsp3) is 0.280. The minimum absolute atomic E-state index is 0.264. The average molecular weight is 470 g/mol. The molecule has 6 nitrogen and oxygen atoms in total. The number of hydrogen-bond donors (Lipinski definition) is 3. The lowest BCUT2D eigenvalue weighted by Crippen LogP contribution is -2.28. The number of rotatable bonds is 7. The van der Waals surface area contributed by atoms with Gasteiger partial charge in [0.1, 0.15) is 0 Å². The first-order valence-electron chi connectivity index (χ1n) is 10.9. The molecule has 0 amide bonds. The summed E-state index contributed by atoms with van der Waals surface area (Å²) in [5, 5.41) is 20.7. The normalized spacial score (nSPS) is 16.5. The zero-order chi connectivity index (χ0) is 24.3. The molecule has 178 valence electrons. The number of likely N-dealkylation sites (tertiary alicyclic amines) is 1. The molecule has 1 aromatic heterocycles. The number of anilines is 1. The molecule has 0 radical (unpaired) electrons. The summed E-state index contributed by atoms with van der Waals surface area (Å²) < 4.78 is 39.8. The molecule has 4 rings (SSSR count). The van der Waals surface area contributed by atoms with Gasteiger partial charge >= 0.3 is 6.18 Å². The van der Waals surface area contributed by atoms with Crippen LogP contribution in [0.1, 0.15) is 17.5 Å². The monoisotopic (exact) mass is 470 g/mol. The first kappa shape index (κ1) is 23.7. The van der Waals surface area contributed by atoms with Gasteiger partial charge < -0.3 is 15.8 Å². The first-order valence-corrected chi connectivity index (χ1v) is 10.9. The number of nitrogens with zero attached hydrogens (tertiary/aromatic N) is 2. The lowest BCUT2D eigenvalue weighted by atomic mass is 10.0. The van der Waals surface area contributed by atoms with E-state index in [4.69, 9.17) is 5.41 Å². The Balaban J connectivity index is 1.49. The molecule has 0 spiro atoms. The second-order valence-electron chi connectivity index (χ2n) is 8.28. The summed E-state index contributed by atoms with van der Waals surface area (Å²) in [4.78, 5) is 14.9. The maximum absolute atomic E-state index is 12.8. The smallest absolute Gasteiger partial charge is 0.392 e. The second kappa shape index (κ2) is 9.82. The van der Waals surface area contributed by atoms with Crippen molar-refractivity contribution >= 4 is 11.9 Å². The number of alkyl halides is 3. The summed E-state index contributed by atoms with van der Waals surface area (Å²) in [6.45, 7) is 2.98. The molecule has 2 aromatic carbocycles. The van der Waals surface area contributed by atoms with Crippen LogP contribution in [-0.2, 0) is 6.18 Å². The Labute approximate surface area is 194 Å². The summed E-state index contributed by atoms with van der Waals surface area (Å²) in [7, 11) is 0. The molecule has 0 bridgehead atoms. The minimum atomic E-state index is -4.41. The molecule has 1 fully saturated rings. The van der Waals surface area contributed by atoms with Gasteiger partial charge in [0.2, 0.25) is 0 Å². The Morgan fingerprint density at radius 2 is 1.85 bits per heavy atom. The molecule has 2 heterocycles. The predicted octanol–water partition coefficient (Wildman–Crippen LogP) is 4.00. The van der Waals surface area contributed by atoms with E-state index >= 15 is 0 Å². The molecule has 34 heavy (non-hydrogen) atoms. The fourth-order valence-corrected chi connectivity index (χ4v) is 4.07. The highest BCUT2D eigenvalue weighted by molar-refractivity contribution is 5.86. The van der Waals surface area contributed by atoms with Gasteiger partial charge in [0.25, 0.3) is 5.56 Å². The number of β-amino-alcohol motifs (C(OH)–C–C–N with tert-alkyl or cyclic N) is 1. The van der Waals surface area contributed by atoms with Gasteiger partial charge in [-0.15, -0.1) is 0 Å². The van der Waals surface area contributed by atoms with E-state index in [2.05, 4.69) is 10.2 Å². The Morgan fingerprint density at radius 1 is 1.09 bits per heavy atom. The van der Waals surface area contributed by atoms with Crippen molar-refractivity contribution in [3.63, 3.8) is 0 Å². The maximum Gasteiger partial charge on any atom is 0.416 e. The van der Waals surface area contributed by atoms with Gasteiger partial charge in [0, 0.05) is 61.6 Å². The minimum Gasteiger partial charge on any atom is -0.392 e. The number of pyridine rings is 1. The Bertz CT molecular complexity index is 1220. The molecule has 9 heteroatoms. The van der Waals surface area contributed by atoms with Crippen LogP contribution in [0.3, 0.4) is 0 Å². The van der Waals surface area contributed by atoms with E-state index in [0.717, 1.165) is 37.3 Å². The molecule has 1 saturated heterocycles. The molecular weight excluding hydrogens is 445 g/mol. The van der Waals surface area contributed by atoms with Crippen molar-refractivity contribution in [3.05, 3.63) is 82.3 Å². The molecule has 1 atom stereocenters. The van der Waals surface area contributed by atoms with Crippen molar-refractivity contribution in [3.8, 4) is 16.8 Å². The molecule has 1 aliphatic heterocycles. The van der Waals surface area contributed by atoms with E-state index in [9.17, 15) is 23.1 Å². The lowest BCUT2D eigenvalue weighted by Gasteiger charge is -2.17. The molecular formula is C25H25F3N4O2. The van der Waals surface area contributed by atoms with Gasteiger partial charge in [0.15, 0.2) is 0 Å². The van der Waals surface area contributed by atoms with Crippen molar-refractivity contribution in [2.24, 2.45) is 0 Å². The lowest BCUT2D eigenvalue weighted by molar-refractivity contribution is -0.137. The number of nitrogens with one attached hydrogen (secondary N) is 2. The van der Waals surface area contributed by atoms with E-state index in [1.165, 1.54) is 29.0 Å². The average Bonchev–Trinajstić information content (AvgIpc) is 3.23. The van der Waals surface area contributed by atoms with Crippen molar-refractivity contribution < 1.29 is 18.3 Å². The maximum atomic E-state index is 12.8. The largest absolute Gasteiger partial charge is 0.416 e. The third kappa shape index (κ3) is 5.37. The molecule has 3 aromatic rings. The quantitative estimate of drug-likeness (QED) is 0.456. The van der Waals surface area contributed by atoms with Crippen LogP contribution in [0, 0.1) is 5.41 Å². The standard InChI is InChI=1S/C25H25F3N4O2/c26-25(27,28)20-3-1-17(2-4-20)18-7-11-32(24(34)14-18)21-5-6-23(19(13-21)15-29)30-9-12-31-10-8-22(33)16-31/h1-7,11,13-15,22,29-30,33H,8-10,12,16H2. The van der Waals surface area contributed by atoms with Crippen LogP contribution < -0.4 is 10.9 Å². The van der Waals surface area contributed by atoms with Gasteiger partial charge in [-0.05, 0) is 53.9 Å². The number of hydrogen-bond acceptors (Lipinski definition) is 5. The highest BCUT2D eigenvalue weighted by Gasteiger charge is 2.30. The zero-order valence-corrected chi connectivity index (χ0v) is 18.3. The molecule has 1 unspecified atom stereocenters. The predicted molar refractivity (Wildman–Crippen MR) is 126 cm³/mol. The highest BCUT2D eigenvalue weighted by atomic mass is 19.4. The van der Waals surface area contributed by atoms with E-state index in [0.29, 0.717) is 35.5 Å². The summed E-state index contributed by atoms with van der Waals surface area (Å²) in [6.07, 6.45) is -1.10. The van der Waals surface area contributed by atoms with E-state index in [-0.39, 0.29) is 11.7 Å². The van der Waals surface area contributed by atoms with Crippen LogP contribution in [0.4, 0.5) is 18.9 Å². The van der Waals surface area contributed by atoms with Crippen molar-refractivity contribution in [2.45, 2.75) is 18.7 Å². The molecule has 0 aliphatic carbocycles. The third-order valence-electron chi connectivity index (χ3n) is 5.92. The summed E-state index contributed by atoms with van der Waals surface area (Å²) in [5.74, 6) is 0. The van der Waals surface area contributed by atoms with Crippen LogP contribution in [-0.4, -0.2) is 53.1 Å². The van der Waals surface area contributed by atoms with Crippen molar-refractivity contribution in [1.82, 2.24) is 9.47 Å². The van der Waals surface area contributed by atoms with Gasteiger partial charge in [0.05, 0.1) is 11.7 Å². The molecule has 0 saturated carbocycles. The highest BCUT2D eigenvalue weighted by Crippen LogP contribution is 2.30. The van der Waals surface area contributed by atoms with Gasteiger partial charge in [-0.1, -0.05) is 12.1 Å². The number of halogens is 3. The Morgan fingerprint density at radius 3 is 2.47 bits per heavy atom. The van der Waals surface area contributed by atoms with Crippen molar-refractivity contribution in [2.75, 3.05) is 31.5 Å². The van der Waals surface area contributed by atoms with Crippen LogP contribution in [0.25, 0.3) is 16.8 Å². The Hall–Kier alpha value is -3.43. The number of aliphatic hydroxyl groups excluding tert-OH is 1. The van der Waals surface area contributed by atoms with Gasteiger partial charge in [-0.25, -0.2) is 0 Å². The van der Waals surface area contributed by atoms with Crippen LogP contribution in [0.15, 0.2) is 65.6 Å². The third-order valence-corrected chi connectivity index (χ3v) is 5.92. The second-order valence-corrected chi connectivity index (χ2v) is 8.28. The zero-order valence-electron chi connectivity index (χ0n) is 18.3. The summed E-state index contributed by atoms with van der Waals surface area (Å²) >= 11 is 0. The van der Waals surface area contributed by atoms with Crippen molar-refractivity contribution in [1.29, 1.82) is 5.41 Å². The fourth-order valence-electron chi connectivity index (χ4n) is 4.07. The first-order chi connectivity index (χ1) is 16.2. The number of aliphatic hydroxyl groups is 1. The number of aromatic nitrogens is 1. The van der Waals surface area contributed by atoms with Gasteiger partial charge in [-0.3, -0.25) is 14.3 Å². The van der Waals surface area contributed by atoms with Crippen LogP contribution >= 0.6 is 0 Å². The molecule has 1 aliphatic rings. The van der Waals surface area contributed by atoms with E-state index in [1.54, 1.807) is 24.4 Å². The number of benzene rings is 2. The van der Waals surface area contributed by atoms with Crippen LogP contribution in [0.5, 0.6) is 0 Å². The van der Waals surface area contributed by atoms with Gasteiger partial charge in [-0.2, -0.15) is 13.2 Å². The molecule has 3 N–H and O–H groups in total. The summed E-state index contributed by atoms with van der Waals surface area (Å²) in [5.41, 5.74) is 1.94. The van der Waals surface area contributed by atoms with Crippen LogP contribution in [0.2, 0.25) is 0 Å². The SMILES string of the molecule is N=Cc1cc(-n2ccc(-c3ccc(C(F)(F)F)cc3)cc2=O)ccc1NCCN1CCC(O)C1. The summed E-state index contributed by atoms with van der Waals surface area (Å²) in [6, 6.07) is 13.0. The van der Waals surface area contributed by atoms with E-state index in [1.807, 2.05) is 6.07 Å². The van der Waals surface area contributed by atoms with E-state index < -0.39 is 11.7 Å². The Kier molecular flexibility index (Phi) is 6.85.